The molecule has 0 aliphatic carbocycles. The van der Waals surface area contributed by atoms with Gasteiger partial charge in [-0.3, -0.25) is 0 Å². The van der Waals surface area contributed by atoms with Crippen LogP contribution in [0.5, 0.6) is 0 Å². The van der Waals surface area contributed by atoms with Crippen molar-refractivity contribution >= 4 is 24.8 Å². The number of carbonyl (C=O) groups excluding carboxylic acids is 1. The SMILES string of the molecule is C=C(C)C[C@H](CO[Si](c1ccccc1)(c1ccccc1)C(C)(C)C)[C@@H]1COC(=O)N1. The van der Waals surface area contributed by atoms with Gasteiger partial charge in [-0.05, 0) is 28.8 Å². The van der Waals surface area contributed by atoms with Gasteiger partial charge >= 0.3 is 6.09 Å². The lowest BCUT2D eigenvalue weighted by molar-refractivity contribution is 0.167. The highest BCUT2D eigenvalue weighted by Gasteiger charge is 2.50. The van der Waals surface area contributed by atoms with Crippen molar-refractivity contribution in [2.45, 2.75) is 45.2 Å². The Kier molecular flexibility index (Phi) is 6.83. The molecule has 0 spiro atoms. The molecule has 0 aromatic heterocycles. The van der Waals surface area contributed by atoms with Gasteiger partial charge in [-0.2, -0.15) is 0 Å². The molecule has 1 aliphatic heterocycles. The smallest absolute Gasteiger partial charge is 0.407 e. The average molecular weight is 424 g/mol. The second-order valence-electron chi connectivity index (χ2n) is 9.24. The molecular weight excluding hydrogens is 390 g/mol. The van der Waals surface area contributed by atoms with Crippen LogP contribution in [0.4, 0.5) is 4.79 Å². The van der Waals surface area contributed by atoms with E-state index in [1.54, 1.807) is 0 Å². The Balaban J connectivity index is 2.01. The highest BCUT2D eigenvalue weighted by atomic mass is 28.4. The van der Waals surface area contributed by atoms with Gasteiger partial charge in [-0.15, -0.1) is 6.58 Å². The van der Waals surface area contributed by atoms with E-state index < -0.39 is 8.32 Å². The number of nitrogens with one attached hydrogen (secondary N) is 1. The molecule has 2 aromatic rings. The van der Waals surface area contributed by atoms with Gasteiger partial charge in [-0.25, -0.2) is 4.79 Å². The maximum absolute atomic E-state index is 11.7. The van der Waals surface area contributed by atoms with Crippen LogP contribution in [0.25, 0.3) is 0 Å². The van der Waals surface area contributed by atoms with Gasteiger partial charge < -0.3 is 14.5 Å². The predicted molar refractivity (Wildman–Crippen MR) is 125 cm³/mol. The van der Waals surface area contributed by atoms with Crippen molar-refractivity contribution in [3.8, 4) is 0 Å². The molecule has 2 aromatic carbocycles. The molecule has 30 heavy (non-hydrogen) atoms. The third-order valence-electron chi connectivity index (χ3n) is 5.81. The maximum atomic E-state index is 11.7. The molecule has 3 rings (SSSR count). The zero-order valence-corrected chi connectivity index (χ0v) is 19.5. The Hall–Kier alpha value is -2.37. The van der Waals surface area contributed by atoms with Crippen molar-refractivity contribution in [1.29, 1.82) is 0 Å². The van der Waals surface area contributed by atoms with E-state index in [2.05, 4.69) is 81.2 Å². The molecule has 1 heterocycles. The summed E-state index contributed by atoms with van der Waals surface area (Å²) in [6.45, 7) is 13.8. The van der Waals surface area contributed by atoms with Crippen LogP contribution in [0, 0.1) is 5.92 Å². The van der Waals surface area contributed by atoms with Crippen LogP contribution in [0.2, 0.25) is 5.04 Å². The van der Waals surface area contributed by atoms with E-state index in [0.717, 1.165) is 12.0 Å². The third kappa shape index (κ3) is 4.68. The Bertz CT molecular complexity index is 821. The minimum absolute atomic E-state index is 0.0626. The molecule has 160 valence electrons. The van der Waals surface area contributed by atoms with Gasteiger partial charge in [0.1, 0.15) is 6.61 Å². The summed E-state index contributed by atoms with van der Waals surface area (Å²) in [6, 6.07) is 21.2. The summed E-state index contributed by atoms with van der Waals surface area (Å²) in [5, 5.41) is 5.37. The van der Waals surface area contributed by atoms with E-state index in [-0.39, 0.29) is 23.1 Å². The van der Waals surface area contributed by atoms with Crippen molar-refractivity contribution in [1.82, 2.24) is 5.32 Å². The summed E-state index contributed by atoms with van der Waals surface area (Å²) in [6.07, 6.45) is 0.434. The summed E-state index contributed by atoms with van der Waals surface area (Å²) in [5.74, 6) is 0.107. The van der Waals surface area contributed by atoms with Gasteiger partial charge in [-0.1, -0.05) is 87.0 Å². The number of benzene rings is 2. The van der Waals surface area contributed by atoms with Gasteiger partial charge in [0.25, 0.3) is 8.32 Å². The predicted octanol–water partition coefficient (Wildman–Crippen LogP) is 4.25. The number of alkyl carbamates (subject to hydrolysis) is 1. The summed E-state index contributed by atoms with van der Waals surface area (Å²) in [5.41, 5.74) is 1.08. The number of allylic oxidation sites excluding steroid dienone is 1. The molecular formula is C25H33NO3Si. The monoisotopic (exact) mass is 423 g/mol. The van der Waals surface area contributed by atoms with Crippen molar-refractivity contribution in [3.05, 3.63) is 72.8 Å². The zero-order chi connectivity index (χ0) is 21.8. The van der Waals surface area contributed by atoms with Crippen LogP contribution in [0.15, 0.2) is 72.8 Å². The topological polar surface area (TPSA) is 47.6 Å². The zero-order valence-electron chi connectivity index (χ0n) is 18.5. The average Bonchev–Trinajstić information content (AvgIpc) is 3.14. The molecule has 0 saturated carbocycles. The van der Waals surface area contributed by atoms with Gasteiger partial charge in [0.15, 0.2) is 0 Å². The fourth-order valence-corrected chi connectivity index (χ4v) is 9.03. The fourth-order valence-electron chi connectivity index (χ4n) is 4.41. The Morgan fingerprint density at radius 2 is 1.67 bits per heavy atom. The van der Waals surface area contributed by atoms with Crippen molar-refractivity contribution in [2.24, 2.45) is 5.92 Å². The summed E-state index contributed by atoms with van der Waals surface area (Å²) < 4.78 is 12.2. The first-order valence-electron chi connectivity index (χ1n) is 10.6. The van der Waals surface area contributed by atoms with Crippen LogP contribution in [-0.2, 0) is 9.16 Å². The number of amides is 1. The van der Waals surface area contributed by atoms with E-state index in [0.29, 0.717) is 13.2 Å². The minimum Gasteiger partial charge on any atom is -0.447 e. The number of rotatable bonds is 8. The molecule has 1 aliphatic rings. The van der Waals surface area contributed by atoms with E-state index in [9.17, 15) is 4.79 Å². The number of cyclic esters (lactones) is 1. The lowest BCUT2D eigenvalue weighted by Crippen LogP contribution is -2.67. The van der Waals surface area contributed by atoms with Gasteiger partial charge in [0.2, 0.25) is 0 Å². The molecule has 2 atom stereocenters. The molecule has 1 saturated heterocycles. The highest BCUT2D eigenvalue weighted by molar-refractivity contribution is 6.99. The van der Waals surface area contributed by atoms with E-state index in [4.69, 9.17) is 9.16 Å². The number of hydrogen-bond acceptors (Lipinski definition) is 3. The largest absolute Gasteiger partial charge is 0.447 e. The summed E-state index contributed by atoms with van der Waals surface area (Å²) >= 11 is 0. The molecule has 4 nitrogen and oxygen atoms in total. The lowest BCUT2D eigenvalue weighted by atomic mass is 9.95. The standard InChI is InChI=1S/C25H33NO3Si/c1-19(2)16-20(23-18-28-24(27)26-23)17-29-30(25(3,4)5,21-12-8-6-9-13-21)22-14-10-7-11-15-22/h6-15,20,23H,1,16-18H2,2-5H3,(H,26,27)/t20-,23+/m1/s1. The first-order chi connectivity index (χ1) is 14.2. The second kappa shape index (κ2) is 9.19. The Morgan fingerprint density at radius 3 is 2.07 bits per heavy atom. The summed E-state index contributed by atoms with van der Waals surface area (Å²) in [4.78, 5) is 11.7. The molecule has 0 radical (unpaired) electrons. The van der Waals surface area contributed by atoms with Gasteiger partial charge in [0, 0.05) is 12.5 Å². The van der Waals surface area contributed by atoms with Crippen LogP contribution in [-0.4, -0.2) is 33.7 Å². The van der Waals surface area contributed by atoms with Gasteiger partial charge in [0.05, 0.1) is 6.04 Å². The normalized spacial score (nSPS) is 17.9. The first kappa shape index (κ1) is 22.3. The molecule has 1 N–H and O–H groups in total. The molecule has 1 fully saturated rings. The Labute approximate surface area is 181 Å². The Morgan fingerprint density at radius 1 is 1.13 bits per heavy atom. The molecule has 0 bridgehead atoms. The second-order valence-corrected chi connectivity index (χ2v) is 13.6. The lowest BCUT2D eigenvalue weighted by Gasteiger charge is -2.44. The van der Waals surface area contributed by atoms with Crippen LogP contribution >= 0.6 is 0 Å². The van der Waals surface area contributed by atoms with E-state index in [1.807, 2.05) is 19.1 Å². The number of hydrogen-bond donors (Lipinski definition) is 1. The van der Waals surface area contributed by atoms with Crippen LogP contribution in [0.1, 0.15) is 34.1 Å². The fraction of sp³-hybridized carbons (Fsp3) is 0.400. The summed E-state index contributed by atoms with van der Waals surface area (Å²) in [7, 11) is -2.61. The van der Waals surface area contributed by atoms with E-state index in [1.165, 1.54) is 10.4 Å². The molecule has 0 unspecified atom stereocenters. The number of carbonyl (C=O) groups is 1. The van der Waals surface area contributed by atoms with Crippen LogP contribution in [0.3, 0.4) is 0 Å². The quantitative estimate of drug-likeness (QED) is 0.510. The van der Waals surface area contributed by atoms with Crippen molar-refractivity contribution < 1.29 is 14.0 Å². The van der Waals surface area contributed by atoms with E-state index >= 15 is 0 Å². The highest BCUT2D eigenvalue weighted by Crippen LogP contribution is 2.37. The van der Waals surface area contributed by atoms with Crippen LogP contribution < -0.4 is 15.7 Å². The minimum atomic E-state index is -2.61. The molecule has 1 amide bonds. The third-order valence-corrected chi connectivity index (χ3v) is 10.8. The maximum Gasteiger partial charge on any atom is 0.407 e. The van der Waals surface area contributed by atoms with Crippen molar-refractivity contribution in [3.63, 3.8) is 0 Å². The number of ether oxygens (including phenoxy) is 1. The molecule has 5 heteroatoms. The first-order valence-corrected chi connectivity index (χ1v) is 12.5. The van der Waals surface area contributed by atoms with Crippen molar-refractivity contribution in [2.75, 3.05) is 13.2 Å².